The highest BCUT2D eigenvalue weighted by Gasteiger charge is 2.08. The molecule has 0 bridgehead atoms. The third-order valence-corrected chi connectivity index (χ3v) is 4.88. The van der Waals surface area contributed by atoms with Gasteiger partial charge in [0.2, 0.25) is 5.91 Å². The first kappa shape index (κ1) is 16.5. The molecule has 5 heteroatoms. The fourth-order valence-electron chi connectivity index (χ4n) is 1.48. The molecule has 0 fully saturated rings. The predicted molar refractivity (Wildman–Crippen MR) is 85.6 cm³/mol. The molecule has 0 saturated heterocycles. The van der Waals surface area contributed by atoms with Crippen LogP contribution >= 0.6 is 27.7 Å². The highest BCUT2D eigenvalue weighted by Crippen LogP contribution is 2.28. The minimum absolute atomic E-state index is 0.0604. The molecule has 0 heterocycles. The third-order valence-electron chi connectivity index (χ3n) is 2.87. The van der Waals surface area contributed by atoms with Crippen LogP contribution in [0.15, 0.2) is 21.5 Å². The topological polar surface area (TPSA) is 55.1 Å². The molecule has 0 aromatic heterocycles. The number of nitrogens with one attached hydrogen (secondary N) is 1. The zero-order valence-electron chi connectivity index (χ0n) is 11.6. The van der Waals surface area contributed by atoms with E-state index in [2.05, 4.69) is 47.2 Å². The number of hydrogen-bond acceptors (Lipinski definition) is 3. The van der Waals surface area contributed by atoms with Crippen LogP contribution in [0, 0.1) is 19.8 Å². The number of carbonyl (C=O) groups is 1. The molecule has 0 spiro atoms. The maximum absolute atomic E-state index is 11.7. The first-order valence-corrected chi connectivity index (χ1v) is 8.08. The van der Waals surface area contributed by atoms with E-state index in [9.17, 15) is 4.79 Å². The van der Waals surface area contributed by atoms with E-state index in [1.807, 2.05) is 6.92 Å². The Balaban J connectivity index is 2.48. The van der Waals surface area contributed by atoms with Crippen LogP contribution in [0.3, 0.4) is 0 Å². The van der Waals surface area contributed by atoms with Crippen LogP contribution < -0.4 is 11.1 Å². The monoisotopic (exact) mass is 344 g/mol. The van der Waals surface area contributed by atoms with E-state index in [1.54, 1.807) is 11.8 Å². The molecule has 106 valence electrons. The molecule has 1 aromatic carbocycles. The van der Waals surface area contributed by atoms with E-state index in [0.717, 1.165) is 9.37 Å². The Bertz CT molecular complexity index is 451. The summed E-state index contributed by atoms with van der Waals surface area (Å²) >= 11 is 5.08. The van der Waals surface area contributed by atoms with Gasteiger partial charge in [-0.15, -0.1) is 11.8 Å². The lowest BCUT2D eigenvalue weighted by Crippen LogP contribution is -2.32. The third kappa shape index (κ3) is 5.55. The molecule has 0 saturated carbocycles. The largest absolute Gasteiger partial charge is 0.355 e. The number of carbonyl (C=O) groups excluding carboxylic acids is 1. The zero-order chi connectivity index (χ0) is 14.4. The maximum Gasteiger partial charge on any atom is 0.230 e. The van der Waals surface area contributed by atoms with Gasteiger partial charge in [-0.1, -0.05) is 22.9 Å². The smallest absolute Gasteiger partial charge is 0.230 e. The lowest BCUT2D eigenvalue weighted by Gasteiger charge is -2.11. The van der Waals surface area contributed by atoms with Crippen molar-refractivity contribution in [1.82, 2.24) is 5.32 Å². The van der Waals surface area contributed by atoms with Crippen molar-refractivity contribution in [1.29, 1.82) is 0 Å². The molecule has 1 unspecified atom stereocenters. The predicted octanol–water partition coefficient (Wildman–Crippen LogP) is 2.87. The van der Waals surface area contributed by atoms with Crippen molar-refractivity contribution in [2.24, 2.45) is 11.7 Å². The van der Waals surface area contributed by atoms with Crippen molar-refractivity contribution < 1.29 is 4.79 Å². The van der Waals surface area contributed by atoms with E-state index in [1.165, 1.54) is 11.1 Å². The Labute approximate surface area is 127 Å². The van der Waals surface area contributed by atoms with Crippen molar-refractivity contribution in [3.8, 4) is 0 Å². The molecular weight excluding hydrogens is 324 g/mol. The second-order valence-corrected chi connectivity index (χ2v) is 6.67. The van der Waals surface area contributed by atoms with Crippen molar-refractivity contribution >= 4 is 33.6 Å². The molecule has 1 rings (SSSR count). The van der Waals surface area contributed by atoms with Gasteiger partial charge in [0.05, 0.1) is 5.75 Å². The normalized spacial score (nSPS) is 12.3. The summed E-state index contributed by atoms with van der Waals surface area (Å²) in [4.78, 5) is 12.9. The molecule has 3 nitrogen and oxygen atoms in total. The summed E-state index contributed by atoms with van der Waals surface area (Å²) in [6.45, 7) is 7.37. The van der Waals surface area contributed by atoms with Crippen molar-refractivity contribution in [2.75, 3.05) is 18.8 Å². The van der Waals surface area contributed by atoms with Gasteiger partial charge < -0.3 is 11.1 Å². The molecule has 0 radical (unpaired) electrons. The molecule has 1 amide bonds. The second-order valence-electron chi connectivity index (χ2n) is 4.80. The summed E-state index contributed by atoms with van der Waals surface area (Å²) < 4.78 is 1.11. The van der Waals surface area contributed by atoms with Crippen molar-refractivity contribution in [2.45, 2.75) is 25.7 Å². The molecule has 0 aliphatic rings. The summed E-state index contributed by atoms with van der Waals surface area (Å²) in [7, 11) is 0. The van der Waals surface area contributed by atoms with E-state index in [0.29, 0.717) is 24.8 Å². The number of thioether (sulfide) groups is 1. The first-order chi connectivity index (χ1) is 8.93. The lowest BCUT2D eigenvalue weighted by molar-refractivity contribution is -0.118. The van der Waals surface area contributed by atoms with Crippen LogP contribution in [-0.2, 0) is 4.79 Å². The summed E-state index contributed by atoms with van der Waals surface area (Å²) in [5, 5.41) is 2.90. The minimum atomic E-state index is 0.0604. The number of nitrogens with two attached hydrogens (primary N) is 1. The van der Waals surface area contributed by atoms with Gasteiger partial charge in [0.15, 0.2) is 0 Å². The molecule has 1 atom stereocenters. The van der Waals surface area contributed by atoms with Crippen LogP contribution in [0.25, 0.3) is 0 Å². The summed E-state index contributed by atoms with van der Waals surface area (Å²) in [6, 6.07) is 4.20. The van der Waals surface area contributed by atoms with Crippen molar-refractivity contribution in [3.05, 3.63) is 27.7 Å². The number of halogens is 1. The highest BCUT2D eigenvalue weighted by molar-refractivity contribution is 9.10. The average Bonchev–Trinajstić information content (AvgIpc) is 2.38. The number of rotatable bonds is 6. The maximum atomic E-state index is 11.7. The quantitative estimate of drug-likeness (QED) is 0.780. The second kappa shape index (κ2) is 7.92. The van der Waals surface area contributed by atoms with E-state index in [-0.39, 0.29) is 5.91 Å². The molecule has 1 aromatic rings. The Kier molecular flexibility index (Phi) is 6.89. The molecular formula is C14H21BrN2OS. The van der Waals surface area contributed by atoms with Gasteiger partial charge in [-0.2, -0.15) is 0 Å². The Morgan fingerprint density at radius 2 is 2.11 bits per heavy atom. The Hall–Kier alpha value is -0.520. The number of hydrogen-bond donors (Lipinski definition) is 2. The molecule has 0 aliphatic heterocycles. The fraction of sp³-hybridized carbons (Fsp3) is 0.500. The lowest BCUT2D eigenvalue weighted by atomic mass is 10.2. The van der Waals surface area contributed by atoms with E-state index < -0.39 is 0 Å². The number of aryl methyl sites for hydroxylation is 2. The fourth-order valence-corrected chi connectivity index (χ4v) is 2.87. The average molecular weight is 345 g/mol. The standard InChI is InChI=1S/C14H21BrN2OS/c1-9(6-16)7-17-14(18)8-19-13-5-10(2)12(15)4-11(13)3/h4-5,9H,6-8,16H2,1-3H3,(H,17,18). The van der Waals surface area contributed by atoms with Gasteiger partial charge in [0.1, 0.15) is 0 Å². The van der Waals surface area contributed by atoms with Crippen LogP contribution in [0.5, 0.6) is 0 Å². The Morgan fingerprint density at radius 3 is 2.74 bits per heavy atom. The summed E-state index contributed by atoms with van der Waals surface area (Å²) in [6.07, 6.45) is 0. The highest BCUT2D eigenvalue weighted by atomic mass is 79.9. The summed E-state index contributed by atoms with van der Waals surface area (Å²) in [5.74, 6) is 0.829. The van der Waals surface area contributed by atoms with E-state index >= 15 is 0 Å². The van der Waals surface area contributed by atoms with Gasteiger partial charge in [0, 0.05) is 15.9 Å². The number of benzene rings is 1. The van der Waals surface area contributed by atoms with Crippen LogP contribution in [0.1, 0.15) is 18.1 Å². The van der Waals surface area contributed by atoms with Crippen LogP contribution in [0.4, 0.5) is 0 Å². The molecule has 3 N–H and O–H groups in total. The molecule has 0 aliphatic carbocycles. The molecule has 19 heavy (non-hydrogen) atoms. The van der Waals surface area contributed by atoms with Gasteiger partial charge in [-0.05, 0) is 49.6 Å². The van der Waals surface area contributed by atoms with Crippen LogP contribution in [0.2, 0.25) is 0 Å². The zero-order valence-corrected chi connectivity index (χ0v) is 14.0. The van der Waals surface area contributed by atoms with Gasteiger partial charge in [0.25, 0.3) is 0 Å². The first-order valence-electron chi connectivity index (χ1n) is 6.30. The Morgan fingerprint density at radius 1 is 1.42 bits per heavy atom. The van der Waals surface area contributed by atoms with Crippen molar-refractivity contribution in [3.63, 3.8) is 0 Å². The summed E-state index contributed by atoms with van der Waals surface area (Å²) in [5.41, 5.74) is 7.88. The van der Waals surface area contributed by atoms with Gasteiger partial charge in [-0.25, -0.2) is 0 Å². The number of amides is 1. The van der Waals surface area contributed by atoms with Crippen LogP contribution in [-0.4, -0.2) is 24.7 Å². The van der Waals surface area contributed by atoms with Gasteiger partial charge >= 0.3 is 0 Å². The minimum Gasteiger partial charge on any atom is -0.355 e. The van der Waals surface area contributed by atoms with Gasteiger partial charge in [-0.3, -0.25) is 4.79 Å². The SMILES string of the molecule is Cc1cc(SCC(=O)NCC(C)CN)c(C)cc1Br. The van der Waals surface area contributed by atoms with E-state index in [4.69, 9.17) is 5.73 Å².